The summed E-state index contributed by atoms with van der Waals surface area (Å²) in [5.74, 6) is 0.797. The van der Waals surface area contributed by atoms with Gasteiger partial charge in [0.05, 0.1) is 13.7 Å². The molecule has 0 spiro atoms. The number of hydrogen-bond donors (Lipinski definition) is 2. The average molecular weight is 225 g/mol. The first-order chi connectivity index (χ1) is 7.81. The second-order valence-corrected chi connectivity index (χ2v) is 3.48. The van der Waals surface area contributed by atoms with Crippen molar-refractivity contribution in [2.75, 3.05) is 20.3 Å². The van der Waals surface area contributed by atoms with Gasteiger partial charge >= 0.3 is 0 Å². The molecule has 0 aromatic heterocycles. The van der Waals surface area contributed by atoms with Gasteiger partial charge in [-0.1, -0.05) is 12.1 Å². The van der Waals surface area contributed by atoms with Crippen LogP contribution in [0.1, 0.15) is 17.5 Å². The predicted octanol–water partition coefficient (Wildman–Crippen LogP) is 1.05. The summed E-state index contributed by atoms with van der Waals surface area (Å²) >= 11 is 0. The van der Waals surface area contributed by atoms with E-state index in [2.05, 4.69) is 0 Å². The number of nitrogens with two attached hydrogens (primary N) is 1. The monoisotopic (exact) mass is 225 g/mol. The Bertz CT molecular complexity index is 315. The summed E-state index contributed by atoms with van der Waals surface area (Å²) in [6.07, 6.45) is 0.665. The molecule has 0 aliphatic carbocycles. The molecule has 0 unspecified atom stereocenters. The molecule has 1 aromatic carbocycles. The van der Waals surface area contributed by atoms with Crippen molar-refractivity contribution >= 4 is 0 Å². The van der Waals surface area contributed by atoms with E-state index in [1.807, 2.05) is 18.2 Å². The van der Waals surface area contributed by atoms with Crippen LogP contribution in [-0.4, -0.2) is 25.4 Å². The van der Waals surface area contributed by atoms with E-state index in [9.17, 15) is 0 Å². The van der Waals surface area contributed by atoms with Crippen LogP contribution < -0.4 is 10.5 Å². The van der Waals surface area contributed by atoms with Gasteiger partial charge in [0.25, 0.3) is 0 Å². The van der Waals surface area contributed by atoms with Crippen molar-refractivity contribution in [1.29, 1.82) is 0 Å². The summed E-state index contributed by atoms with van der Waals surface area (Å²) in [5, 5.41) is 8.60. The zero-order valence-electron chi connectivity index (χ0n) is 9.61. The van der Waals surface area contributed by atoms with E-state index in [1.165, 1.54) is 0 Å². The van der Waals surface area contributed by atoms with E-state index in [-0.39, 0.29) is 6.61 Å². The average Bonchev–Trinajstić information content (AvgIpc) is 2.34. The lowest BCUT2D eigenvalue weighted by Crippen LogP contribution is -2.02. The van der Waals surface area contributed by atoms with Crippen molar-refractivity contribution in [3.8, 4) is 5.75 Å². The second-order valence-electron chi connectivity index (χ2n) is 3.48. The zero-order valence-corrected chi connectivity index (χ0v) is 9.61. The van der Waals surface area contributed by atoms with Gasteiger partial charge in [0.15, 0.2) is 0 Å². The Morgan fingerprint density at radius 1 is 1.38 bits per heavy atom. The van der Waals surface area contributed by atoms with Gasteiger partial charge in [-0.2, -0.15) is 0 Å². The predicted molar refractivity (Wildman–Crippen MR) is 62.2 cm³/mol. The minimum atomic E-state index is 0.162. The van der Waals surface area contributed by atoms with E-state index in [0.29, 0.717) is 26.2 Å². The number of aliphatic hydroxyl groups is 1. The van der Waals surface area contributed by atoms with Crippen LogP contribution in [0.25, 0.3) is 0 Å². The van der Waals surface area contributed by atoms with Gasteiger partial charge in [0.2, 0.25) is 0 Å². The van der Waals surface area contributed by atoms with Crippen molar-refractivity contribution in [3.05, 3.63) is 29.3 Å². The van der Waals surface area contributed by atoms with Crippen LogP contribution in [0.2, 0.25) is 0 Å². The Morgan fingerprint density at radius 3 is 2.81 bits per heavy atom. The molecule has 0 aliphatic heterocycles. The molecule has 1 aromatic rings. The van der Waals surface area contributed by atoms with Crippen LogP contribution in [0.15, 0.2) is 18.2 Å². The Kier molecular flexibility index (Phi) is 5.85. The van der Waals surface area contributed by atoms with Gasteiger partial charge in [0, 0.05) is 25.3 Å². The normalized spacial score (nSPS) is 10.4. The van der Waals surface area contributed by atoms with Gasteiger partial charge in [-0.05, 0) is 18.1 Å². The third-order valence-electron chi connectivity index (χ3n) is 2.29. The lowest BCUT2D eigenvalue weighted by atomic mass is 10.1. The summed E-state index contributed by atoms with van der Waals surface area (Å²) in [6, 6.07) is 5.86. The summed E-state index contributed by atoms with van der Waals surface area (Å²) in [5.41, 5.74) is 7.61. The molecule has 0 radical (unpaired) electrons. The highest BCUT2D eigenvalue weighted by Crippen LogP contribution is 2.20. The van der Waals surface area contributed by atoms with E-state index in [0.717, 1.165) is 16.9 Å². The third-order valence-corrected chi connectivity index (χ3v) is 2.29. The molecule has 0 amide bonds. The molecule has 3 N–H and O–H groups in total. The molecule has 0 saturated heterocycles. The molecular weight excluding hydrogens is 206 g/mol. The standard InChI is InChI=1S/C12H19NO3/c1-15-12-7-10(3-4-11(12)8-13)9-16-6-2-5-14/h3-4,7,14H,2,5-6,8-9,13H2,1H3. The van der Waals surface area contributed by atoms with Crippen LogP contribution in [-0.2, 0) is 17.9 Å². The minimum Gasteiger partial charge on any atom is -0.496 e. The Morgan fingerprint density at radius 2 is 2.19 bits per heavy atom. The molecule has 0 heterocycles. The number of benzene rings is 1. The fourth-order valence-corrected chi connectivity index (χ4v) is 1.40. The molecule has 16 heavy (non-hydrogen) atoms. The zero-order chi connectivity index (χ0) is 11.8. The topological polar surface area (TPSA) is 64.7 Å². The van der Waals surface area contributed by atoms with Gasteiger partial charge in [-0.25, -0.2) is 0 Å². The first kappa shape index (κ1) is 13.0. The summed E-state index contributed by atoms with van der Waals surface area (Å²) in [4.78, 5) is 0. The fraction of sp³-hybridized carbons (Fsp3) is 0.500. The fourth-order valence-electron chi connectivity index (χ4n) is 1.40. The highest BCUT2D eigenvalue weighted by Gasteiger charge is 2.02. The molecule has 1 rings (SSSR count). The van der Waals surface area contributed by atoms with Crippen LogP contribution in [0, 0.1) is 0 Å². The quantitative estimate of drug-likeness (QED) is 0.681. The lowest BCUT2D eigenvalue weighted by molar-refractivity contribution is 0.104. The number of methoxy groups -OCH3 is 1. The summed E-state index contributed by atoms with van der Waals surface area (Å²) in [7, 11) is 1.63. The second kappa shape index (κ2) is 7.22. The van der Waals surface area contributed by atoms with Crippen molar-refractivity contribution in [2.45, 2.75) is 19.6 Å². The number of aliphatic hydroxyl groups excluding tert-OH is 1. The van der Waals surface area contributed by atoms with Gasteiger partial charge in [-0.15, -0.1) is 0 Å². The van der Waals surface area contributed by atoms with Crippen molar-refractivity contribution in [3.63, 3.8) is 0 Å². The molecule has 0 saturated carbocycles. The molecule has 4 heteroatoms. The summed E-state index contributed by atoms with van der Waals surface area (Å²) < 4.78 is 10.6. The van der Waals surface area contributed by atoms with E-state index >= 15 is 0 Å². The molecule has 90 valence electrons. The molecule has 0 aliphatic rings. The Hall–Kier alpha value is -1.10. The van der Waals surface area contributed by atoms with Crippen molar-refractivity contribution in [2.24, 2.45) is 5.73 Å². The first-order valence-corrected chi connectivity index (χ1v) is 5.36. The molecule has 0 fully saturated rings. The maximum atomic E-state index is 8.60. The lowest BCUT2D eigenvalue weighted by Gasteiger charge is -2.09. The molecular formula is C12H19NO3. The maximum Gasteiger partial charge on any atom is 0.123 e. The van der Waals surface area contributed by atoms with E-state index in [4.69, 9.17) is 20.3 Å². The molecule has 4 nitrogen and oxygen atoms in total. The smallest absolute Gasteiger partial charge is 0.123 e. The minimum absolute atomic E-state index is 0.162. The van der Waals surface area contributed by atoms with Crippen LogP contribution in [0.3, 0.4) is 0 Å². The van der Waals surface area contributed by atoms with Crippen LogP contribution >= 0.6 is 0 Å². The SMILES string of the molecule is COc1cc(COCCCO)ccc1CN. The molecule has 0 bridgehead atoms. The van der Waals surface area contributed by atoms with E-state index < -0.39 is 0 Å². The largest absolute Gasteiger partial charge is 0.496 e. The van der Waals surface area contributed by atoms with E-state index in [1.54, 1.807) is 7.11 Å². The van der Waals surface area contributed by atoms with Crippen molar-refractivity contribution in [1.82, 2.24) is 0 Å². The molecule has 0 atom stereocenters. The van der Waals surface area contributed by atoms with Gasteiger partial charge < -0.3 is 20.3 Å². The Labute approximate surface area is 96.0 Å². The van der Waals surface area contributed by atoms with Gasteiger partial charge in [0.1, 0.15) is 5.75 Å². The third kappa shape index (κ3) is 3.81. The first-order valence-electron chi connectivity index (χ1n) is 5.36. The Balaban J connectivity index is 2.54. The highest BCUT2D eigenvalue weighted by atomic mass is 16.5. The summed E-state index contributed by atoms with van der Waals surface area (Å²) in [6.45, 7) is 1.73. The number of rotatable bonds is 7. The van der Waals surface area contributed by atoms with Crippen LogP contribution in [0.4, 0.5) is 0 Å². The number of hydrogen-bond acceptors (Lipinski definition) is 4. The van der Waals surface area contributed by atoms with Gasteiger partial charge in [-0.3, -0.25) is 0 Å². The number of ether oxygens (including phenoxy) is 2. The van der Waals surface area contributed by atoms with Crippen molar-refractivity contribution < 1.29 is 14.6 Å². The highest BCUT2D eigenvalue weighted by molar-refractivity contribution is 5.37. The van der Waals surface area contributed by atoms with Crippen LogP contribution in [0.5, 0.6) is 5.75 Å². The maximum absolute atomic E-state index is 8.60.